The minimum atomic E-state index is 0.146. The maximum Gasteiger partial charge on any atom is 0.0979 e. The van der Waals surface area contributed by atoms with Gasteiger partial charge in [-0.1, -0.05) is 17.7 Å². The number of hydrogen-bond donors (Lipinski definition) is 0. The van der Waals surface area contributed by atoms with Crippen LogP contribution in [0.4, 0.5) is 0 Å². The summed E-state index contributed by atoms with van der Waals surface area (Å²) in [5.74, 6) is 0. The van der Waals surface area contributed by atoms with Gasteiger partial charge in [-0.15, -0.1) is 6.58 Å². The van der Waals surface area contributed by atoms with E-state index in [4.69, 9.17) is 11.6 Å². The lowest BCUT2D eigenvalue weighted by molar-refractivity contribution is 0.932. The molecule has 0 fully saturated rings. The molecule has 46 valence electrons. The maximum absolute atomic E-state index is 5.45. The topological polar surface area (TPSA) is 12.4 Å². The highest BCUT2D eigenvalue weighted by Gasteiger charge is 1.87. The minimum Gasteiger partial charge on any atom is -0.271 e. The molecule has 0 spiro atoms. The fourth-order valence-corrected chi connectivity index (χ4v) is 0.487. The van der Waals surface area contributed by atoms with Crippen molar-refractivity contribution in [1.29, 1.82) is 0 Å². The van der Waals surface area contributed by atoms with Gasteiger partial charge in [0, 0.05) is 0 Å². The molecule has 0 saturated carbocycles. The lowest BCUT2D eigenvalue weighted by atomic mass is 10.4. The van der Waals surface area contributed by atoms with Crippen LogP contribution in [-0.4, -0.2) is 11.2 Å². The normalized spacial score (nSPS) is 15.6. The molecular weight excluding hydrogens is 122 g/mol. The molecule has 0 aliphatic heterocycles. The van der Waals surface area contributed by atoms with Crippen LogP contribution in [0.25, 0.3) is 0 Å². The number of hydrogen-bond acceptors (Lipinski definition) is 1. The van der Waals surface area contributed by atoms with Gasteiger partial charge in [0.2, 0.25) is 0 Å². The molecule has 1 nitrogen and oxygen atoms in total. The molecule has 8 heavy (non-hydrogen) atoms. The van der Waals surface area contributed by atoms with E-state index >= 15 is 0 Å². The Morgan fingerprint density at radius 1 is 1.88 bits per heavy atom. The van der Waals surface area contributed by atoms with Crippen molar-refractivity contribution in [3.05, 3.63) is 12.7 Å². The summed E-state index contributed by atoms with van der Waals surface area (Å²) in [5, 5.41) is 0.581. The smallest absolute Gasteiger partial charge is 0.0979 e. The molecule has 0 saturated heterocycles. The van der Waals surface area contributed by atoms with Crippen molar-refractivity contribution in [3.8, 4) is 0 Å². The molecule has 0 aromatic carbocycles. The highest BCUT2D eigenvalue weighted by atomic mass is 35.5. The molecule has 0 heterocycles. The van der Waals surface area contributed by atoms with Gasteiger partial charge in [-0.2, -0.15) is 0 Å². The van der Waals surface area contributed by atoms with E-state index in [9.17, 15) is 0 Å². The van der Waals surface area contributed by atoms with Crippen LogP contribution in [0.2, 0.25) is 0 Å². The largest absolute Gasteiger partial charge is 0.271 e. The van der Waals surface area contributed by atoms with E-state index in [1.807, 2.05) is 6.92 Å². The first-order chi connectivity index (χ1) is 3.66. The Bertz CT molecular complexity index is 103. The van der Waals surface area contributed by atoms with Gasteiger partial charge in [0.25, 0.3) is 0 Å². The number of rotatable bonds is 2. The second-order valence-electron chi connectivity index (χ2n) is 1.60. The van der Waals surface area contributed by atoms with Crippen LogP contribution >= 0.6 is 11.6 Å². The lowest BCUT2D eigenvalue weighted by Gasteiger charge is -1.94. The summed E-state index contributed by atoms with van der Waals surface area (Å²) in [6.45, 7) is 7.23. The van der Waals surface area contributed by atoms with Crippen LogP contribution in [0.5, 0.6) is 0 Å². The SMILES string of the molecule is C=CC(C)/N=C(\C)Cl. The fraction of sp³-hybridized carbons (Fsp3) is 0.500. The summed E-state index contributed by atoms with van der Waals surface area (Å²) in [5.41, 5.74) is 0. The molecular formula is C6H10ClN. The Balaban J connectivity index is 3.68. The molecule has 0 bridgehead atoms. The van der Waals surface area contributed by atoms with Crippen LogP contribution in [0.3, 0.4) is 0 Å². The minimum absolute atomic E-state index is 0.146. The van der Waals surface area contributed by atoms with Gasteiger partial charge < -0.3 is 0 Å². The summed E-state index contributed by atoms with van der Waals surface area (Å²) in [6, 6.07) is 0.146. The van der Waals surface area contributed by atoms with Gasteiger partial charge in [0.1, 0.15) is 0 Å². The molecule has 1 unspecified atom stereocenters. The standard InChI is InChI=1S/C6H10ClN/c1-4-5(2)8-6(3)7/h4-5H,1H2,2-3H3/b8-6+. The van der Waals surface area contributed by atoms with Gasteiger partial charge in [-0.3, -0.25) is 4.99 Å². The van der Waals surface area contributed by atoms with Crippen molar-refractivity contribution >= 4 is 16.8 Å². The molecule has 0 aromatic rings. The Hall–Kier alpha value is -0.300. The molecule has 2 heteroatoms. The highest BCUT2D eigenvalue weighted by molar-refractivity contribution is 6.64. The summed E-state index contributed by atoms with van der Waals surface area (Å²) in [7, 11) is 0. The van der Waals surface area contributed by atoms with Crippen LogP contribution in [-0.2, 0) is 0 Å². The van der Waals surface area contributed by atoms with Crippen molar-refractivity contribution in [1.82, 2.24) is 0 Å². The van der Waals surface area contributed by atoms with Gasteiger partial charge in [-0.25, -0.2) is 0 Å². The maximum atomic E-state index is 5.45. The van der Waals surface area contributed by atoms with Gasteiger partial charge in [0.05, 0.1) is 11.2 Å². The Morgan fingerprint density at radius 2 is 2.38 bits per heavy atom. The summed E-state index contributed by atoms with van der Waals surface area (Å²) in [4.78, 5) is 3.96. The number of halogens is 1. The Labute approximate surface area is 55.1 Å². The van der Waals surface area contributed by atoms with Gasteiger partial charge in [0.15, 0.2) is 0 Å². The first-order valence-electron chi connectivity index (χ1n) is 2.49. The number of aliphatic imine (C=N–C) groups is 1. The summed E-state index contributed by atoms with van der Waals surface area (Å²) < 4.78 is 0. The second kappa shape index (κ2) is 3.67. The zero-order valence-electron chi connectivity index (χ0n) is 5.19. The third-order valence-electron chi connectivity index (χ3n) is 0.723. The summed E-state index contributed by atoms with van der Waals surface area (Å²) in [6.07, 6.45) is 1.74. The monoisotopic (exact) mass is 131 g/mol. The highest BCUT2D eigenvalue weighted by Crippen LogP contribution is 1.92. The first-order valence-corrected chi connectivity index (χ1v) is 2.87. The molecule has 0 aromatic heterocycles. The lowest BCUT2D eigenvalue weighted by Crippen LogP contribution is -1.92. The second-order valence-corrected chi connectivity index (χ2v) is 2.15. The van der Waals surface area contributed by atoms with Crippen LogP contribution in [0.15, 0.2) is 17.6 Å². The van der Waals surface area contributed by atoms with Crippen LogP contribution in [0, 0.1) is 0 Å². The van der Waals surface area contributed by atoms with Crippen molar-refractivity contribution in [2.75, 3.05) is 0 Å². The van der Waals surface area contributed by atoms with E-state index in [2.05, 4.69) is 11.6 Å². The molecule has 1 atom stereocenters. The van der Waals surface area contributed by atoms with Gasteiger partial charge >= 0.3 is 0 Å². The fourth-order valence-electron chi connectivity index (χ4n) is 0.333. The first kappa shape index (κ1) is 7.70. The molecule has 0 rings (SSSR count). The third kappa shape index (κ3) is 3.88. The van der Waals surface area contributed by atoms with E-state index in [1.54, 1.807) is 13.0 Å². The quantitative estimate of drug-likeness (QED) is 0.403. The summed E-state index contributed by atoms with van der Waals surface area (Å²) >= 11 is 5.45. The zero-order chi connectivity index (χ0) is 6.57. The Kier molecular flexibility index (Phi) is 3.53. The Morgan fingerprint density at radius 3 is 2.50 bits per heavy atom. The average Bonchev–Trinajstić information content (AvgIpc) is 1.65. The molecule has 0 N–H and O–H groups in total. The van der Waals surface area contributed by atoms with E-state index in [-0.39, 0.29) is 6.04 Å². The van der Waals surface area contributed by atoms with E-state index in [0.717, 1.165) is 0 Å². The number of nitrogens with zero attached hydrogens (tertiary/aromatic N) is 1. The predicted molar refractivity (Wildman–Crippen MR) is 38.6 cm³/mol. The zero-order valence-corrected chi connectivity index (χ0v) is 5.94. The van der Waals surface area contributed by atoms with Crippen molar-refractivity contribution < 1.29 is 0 Å². The van der Waals surface area contributed by atoms with Crippen molar-refractivity contribution in [2.45, 2.75) is 19.9 Å². The molecule has 0 aliphatic rings. The molecule has 0 radical (unpaired) electrons. The molecule has 0 amide bonds. The van der Waals surface area contributed by atoms with Crippen molar-refractivity contribution in [2.24, 2.45) is 4.99 Å². The van der Waals surface area contributed by atoms with Crippen LogP contribution in [0.1, 0.15) is 13.8 Å². The van der Waals surface area contributed by atoms with E-state index in [0.29, 0.717) is 5.17 Å². The van der Waals surface area contributed by atoms with E-state index in [1.165, 1.54) is 0 Å². The van der Waals surface area contributed by atoms with Gasteiger partial charge in [-0.05, 0) is 13.8 Å². The molecule has 0 aliphatic carbocycles. The average molecular weight is 132 g/mol. The third-order valence-corrected chi connectivity index (χ3v) is 0.820. The van der Waals surface area contributed by atoms with Crippen LogP contribution < -0.4 is 0 Å². The van der Waals surface area contributed by atoms with Crippen molar-refractivity contribution in [3.63, 3.8) is 0 Å². The van der Waals surface area contributed by atoms with E-state index < -0.39 is 0 Å². The predicted octanol–water partition coefficient (Wildman–Crippen LogP) is 2.22.